The van der Waals surface area contributed by atoms with Crippen molar-refractivity contribution in [3.63, 3.8) is 0 Å². The Morgan fingerprint density at radius 2 is 2.00 bits per heavy atom. The molecule has 0 radical (unpaired) electrons. The topological polar surface area (TPSA) is 94.2 Å². The molecule has 1 aromatic carbocycles. The molecule has 0 aliphatic heterocycles. The molecule has 6 nitrogen and oxygen atoms in total. The number of pyridine rings is 1. The van der Waals surface area contributed by atoms with Crippen LogP contribution in [0.4, 0.5) is 15.8 Å². The molecular formula is C12H11BrFN3O3S. The van der Waals surface area contributed by atoms with E-state index in [0.717, 1.165) is 12.1 Å². The van der Waals surface area contributed by atoms with E-state index in [0.29, 0.717) is 0 Å². The minimum absolute atomic E-state index is 0.0162. The molecule has 0 saturated heterocycles. The van der Waals surface area contributed by atoms with E-state index in [9.17, 15) is 17.6 Å². The summed E-state index contributed by atoms with van der Waals surface area (Å²) in [6.45, 7) is 0. The molecule has 0 amide bonds. The fourth-order valence-corrected chi connectivity index (χ4v) is 3.32. The number of aryl methyl sites for hydroxylation is 1. The highest BCUT2D eigenvalue weighted by Gasteiger charge is 2.20. The Kier molecular flexibility index (Phi) is 4.06. The van der Waals surface area contributed by atoms with Crippen molar-refractivity contribution in [2.45, 2.75) is 4.90 Å². The van der Waals surface area contributed by atoms with Gasteiger partial charge in [0.15, 0.2) is 0 Å². The molecule has 0 unspecified atom stereocenters. The van der Waals surface area contributed by atoms with E-state index in [-0.39, 0.29) is 26.3 Å². The quantitative estimate of drug-likeness (QED) is 0.797. The van der Waals surface area contributed by atoms with Crippen molar-refractivity contribution in [1.82, 2.24) is 4.57 Å². The van der Waals surface area contributed by atoms with Gasteiger partial charge in [0.05, 0.1) is 15.8 Å². The zero-order chi connectivity index (χ0) is 15.8. The molecule has 0 spiro atoms. The maximum atomic E-state index is 13.3. The Morgan fingerprint density at radius 1 is 1.33 bits per heavy atom. The van der Waals surface area contributed by atoms with Gasteiger partial charge in [-0.05, 0) is 34.1 Å². The van der Waals surface area contributed by atoms with E-state index in [1.54, 1.807) is 0 Å². The number of rotatable bonds is 3. The summed E-state index contributed by atoms with van der Waals surface area (Å²) < 4.78 is 41.3. The highest BCUT2D eigenvalue weighted by molar-refractivity contribution is 9.10. The van der Waals surface area contributed by atoms with Crippen LogP contribution in [0.25, 0.3) is 0 Å². The predicted molar refractivity (Wildman–Crippen MR) is 81.0 cm³/mol. The average Bonchev–Trinajstić information content (AvgIpc) is 2.37. The molecule has 21 heavy (non-hydrogen) atoms. The third-order valence-corrected chi connectivity index (χ3v) is 4.72. The maximum Gasteiger partial charge on any atom is 0.264 e. The molecule has 112 valence electrons. The lowest BCUT2D eigenvalue weighted by molar-refractivity contribution is 0.599. The van der Waals surface area contributed by atoms with E-state index in [4.69, 9.17) is 5.73 Å². The van der Waals surface area contributed by atoms with Crippen LogP contribution < -0.4 is 16.0 Å². The van der Waals surface area contributed by atoms with Gasteiger partial charge >= 0.3 is 0 Å². The van der Waals surface area contributed by atoms with Gasteiger partial charge in [0, 0.05) is 19.3 Å². The summed E-state index contributed by atoms with van der Waals surface area (Å²) in [7, 11) is -2.51. The number of nitrogen functional groups attached to an aromatic ring is 1. The number of anilines is 2. The second-order valence-electron chi connectivity index (χ2n) is 4.28. The van der Waals surface area contributed by atoms with Crippen molar-refractivity contribution in [2.24, 2.45) is 7.05 Å². The third kappa shape index (κ3) is 3.24. The molecule has 0 aliphatic carbocycles. The van der Waals surface area contributed by atoms with Crippen LogP contribution in [0.15, 0.2) is 44.6 Å². The molecule has 2 rings (SSSR count). The van der Waals surface area contributed by atoms with Gasteiger partial charge in [0.25, 0.3) is 10.0 Å². The lowest BCUT2D eigenvalue weighted by Crippen LogP contribution is -2.19. The number of hydrogen-bond acceptors (Lipinski definition) is 4. The maximum absolute atomic E-state index is 13.3. The lowest BCUT2D eigenvalue weighted by Gasteiger charge is -2.11. The molecule has 0 aliphatic rings. The van der Waals surface area contributed by atoms with Crippen molar-refractivity contribution in [2.75, 3.05) is 10.5 Å². The minimum atomic E-state index is -4.00. The first kappa shape index (κ1) is 15.5. The lowest BCUT2D eigenvalue weighted by atomic mass is 10.3. The third-order valence-electron chi connectivity index (χ3n) is 2.68. The normalized spacial score (nSPS) is 11.4. The van der Waals surface area contributed by atoms with Crippen molar-refractivity contribution >= 4 is 37.3 Å². The van der Waals surface area contributed by atoms with Crippen LogP contribution in [0, 0.1) is 5.82 Å². The first-order chi connectivity index (χ1) is 9.70. The van der Waals surface area contributed by atoms with Gasteiger partial charge in [-0.1, -0.05) is 0 Å². The summed E-state index contributed by atoms with van der Waals surface area (Å²) in [4.78, 5) is 11.0. The van der Waals surface area contributed by atoms with Gasteiger partial charge < -0.3 is 10.3 Å². The number of halogens is 2. The highest BCUT2D eigenvalue weighted by atomic mass is 79.9. The fourth-order valence-electron chi connectivity index (χ4n) is 1.64. The molecule has 3 N–H and O–H groups in total. The first-order valence-electron chi connectivity index (χ1n) is 5.65. The van der Waals surface area contributed by atoms with Crippen LogP contribution in [-0.4, -0.2) is 13.0 Å². The summed E-state index contributed by atoms with van der Waals surface area (Å²) >= 11 is 2.91. The Labute approximate surface area is 128 Å². The number of nitrogens with two attached hydrogens (primary N) is 1. The van der Waals surface area contributed by atoms with Crippen molar-refractivity contribution < 1.29 is 12.8 Å². The zero-order valence-corrected chi connectivity index (χ0v) is 13.2. The van der Waals surface area contributed by atoms with Gasteiger partial charge in [0.2, 0.25) is 5.56 Å². The highest BCUT2D eigenvalue weighted by Crippen LogP contribution is 2.27. The van der Waals surface area contributed by atoms with E-state index in [1.807, 2.05) is 0 Å². The molecule has 0 bridgehead atoms. The number of nitrogens with one attached hydrogen (secondary N) is 1. The number of sulfonamides is 1. The Bertz CT molecular complexity index is 865. The van der Waals surface area contributed by atoms with Crippen LogP contribution in [0.2, 0.25) is 0 Å². The van der Waals surface area contributed by atoms with Gasteiger partial charge in [-0.2, -0.15) is 0 Å². The standard InChI is InChI=1S/C12H11BrFN3O3S/c1-17-6-7(2-3-12(17)18)16-21(19,20)11-4-8(13)9(14)5-10(11)15/h2-6,16H,15H2,1H3. The Hall–Kier alpha value is -1.87. The Morgan fingerprint density at radius 3 is 2.62 bits per heavy atom. The molecule has 9 heteroatoms. The van der Waals surface area contributed by atoms with E-state index in [2.05, 4.69) is 20.7 Å². The van der Waals surface area contributed by atoms with Crippen LogP contribution in [0.3, 0.4) is 0 Å². The minimum Gasteiger partial charge on any atom is -0.398 e. The number of aromatic nitrogens is 1. The number of nitrogens with zero attached hydrogens (tertiary/aromatic N) is 1. The van der Waals surface area contributed by atoms with Gasteiger partial charge in [-0.3, -0.25) is 9.52 Å². The summed E-state index contributed by atoms with van der Waals surface area (Å²) in [5.74, 6) is -0.659. The summed E-state index contributed by atoms with van der Waals surface area (Å²) in [5.41, 5.74) is 5.25. The Balaban J connectivity index is 2.45. The second kappa shape index (κ2) is 5.49. The monoisotopic (exact) mass is 375 g/mol. The van der Waals surface area contributed by atoms with Crippen LogP contribution in [0.5, 0.6) is 0 Å². The van der Waals surface area contributed by atoms with Gasteiger partial charge in [-0.15, -0.1) is 0 Å². The molecule has 1 heterocycles. The summed E-state index contributed by atoms with van der Waals surface area (Å²) in [5, 5.41) is 0. The van der Waals surface area contributed by atoms with Crippen molar-refractivity contribution in [3.8, 4) is 0 Å². The zero-order valence-electron chi connectivity index (χ0n) is 10.8. The molecule has 0 fully saturated rings. The van der Waals surface area contributed by atoms with Crippen molar-refractivity contribution in [3.05, 3.63) is 51.1 Å². The van der Waals surface area contributed by atoms with Crippen LogP contribution in [0.1, 0.15) is 0 Å². The average molecular weight is 376 g/mol. The molecule has 2 aromatic rings. The van der Waals surface area contributed by atoms with E-state index >= 15 is 0 Å². The summed E-state index contributed by atoms with van der Waals surface area (Å²) in [6, 6.07) is 4.55. The number of benzene rings is 1. The first-order valence-corrected chi connectivity index (χ1v) is 7.92. The largest absolute Gasteiger partial charge is 0.398 e. The van der Waals surface area contributed by atoms with Crippen LogP contribution >= 0.6 is 15.9 Å². The van der Waals surface area contributed by atoms with E-state index < -0.39 is 15.8 Å². The SMILES string of the molecule is Cn1cc(NS(=O)(=O)c2cc(Br)c(F)cc2N)ccc1=O. The van der Waals surface area contributed by atoms with Gasteiger partial charge in [0.1, 0.15) is 10.7 Å². The predicted octanol–water partition coefficient (Wildman–Crippen LogP) is 1.67. The molecule has 0 atom stereocenters. The van der Waals surface area contributed by atoms with Gasteiger partial charge in [-0.25, -0.2) is 12.8 Å². The molecule has 0 saturated carbocycles. The number of hydrogen-bond donors (Lipinski definition) is 2. The second-order valence-corrected chi connectivity index (χ2v) is 6.78. The molecule has 1 aromatic heterocycles. The fraction of sp³-hybridized carbons (Fsp3) is 0.0833. The van der Waals surface area contributed by atoms with Crippen LogP contribution in [-0.2, 0) is 17.1 Å². The molecular weight excluding hydrogens is 365 g/mol. The van der Waals surface area contributed by atoms with E-state index in [1.165, 1.54) is 29.9 Å². The summed E-state index contributed by atoms with van der Waals surface area (Å²) in [6.07, 6.45) is 1.33. The smallest absolute Gasteiger partial charge is 0.264 e. The van der Waals surface area contributed by atoms with Crippen molar-refractivity contribution in [1.29, 1.82) is 0 Å².